The molecule has 0 aliphatic heterocycles. The number of fused-ring (bicyclic) bond motifs is 7. The molecule has 0 fully saturated rings. The van der Waals surface area contributed by atoms with Gasteiger partial charge in [-0.05, 0) is 81.4 Å². The van der Waals surface area contributed by atoms with Crippen molar-refractivity contribution in [2.24, 2.45) is 5.73 Å². The van der Waals surface area contributed by atoms with Gasteiger partial charge in [-0.1, -0.05) is 188 Å². The third-order valence-electron chi connectivity index (χ3n) is 12.8. The maximum Gasteiger partial charge on any atom is 0.164 e. The summed E-state index contributed by atoms with van der Waals surface area (Å²) in [6.07, 6.45) is 4.47. The molecule has 6 heteroatoms. The highest BCUT2D eigenvalue weighted by atomic mass is 32.1. The Kier molecular flexibility index (Phi) is 10.5. The quantitative estimate of drug-likeness (QED) is 0.139. The summed E-state index contributed by atoms with van der Waals surface area (Å²) in [5.41, 5.74) is 20.5. The SMILES string of the molecule is N/C=C(\C=C(/Cc1cccc2sc3ccc4c(c5ccccc5n4-c4ccccc4)c3c12)c1nc(-c2ccccc2)nc(-c2ccccc2)n1)c1c(-c2ccccc2)cccc1-c1ccccc1. The predicted molar refractivity (Wildman–Crippen MR) is 286 cm³/mol. The van der Waals surface area contributed by atoms with Crippen LogP contribution in [0.3, 0.4) is 0 Å². The van der Waals surface area contributed by atoms with Gasteiger partial charge in [0.2, 0.25) is 0 Å². The molecule has 0 spiro atoms. The molecule has 0 saturated carbocycles. The lowest BCUT2D eigenvalue weighted by Gasteiger charge is -2.18. The van der Waals surface area contributed by atoms with Crippen molar-refractivity contribution >= 4 is 64.5 Å². The van der Waals surface area contributed by atoms with Crippen molar-refractivity contribution in [2.75, 3.05) is 0 Å². The largest absolute Gasteiger partial charge is 0.404 e. The summed E-state index contributed by atoms with van der Waals surface area (Å²) < 4.78 is 4.86. The number of allylic oxidation sites excluding steroid dienone is 3. The average Bonchev–Trinajstić information content (AvgIpc) is 3.97. The number of nitrogens with two attached hydrogens (primary N) is 1. The number of aromatic nitrogens is 4. The Labute approximate surface area is 398 Å². The van der Waals surface area contributed by atoms with Crippen LogP contribution in [0.4, 0.5) is 0 Å². The first-order valence-corrected chi connectivity index (χ1v) is 23.7. The molecule has 5 nitrogen and oxygen atoms in total. The maximum atomic E-state index is 6.91. The zero-order valence-electron chi connectivity index (χ0n) is 37.0. The van der Waals surface area contributed by atoms with Gasteiger partial charge in [0.15, 0.2) is 17.5 Å². The predicted octanol–water partition coefficient (Wildman–Crippen LogP) is 15.6. The Morgan fingerprint density at radius 1 is 0.456 bits per heavy atom. The summed E-state index contributed by atoms with van der Waals surface area (Å²) in [5, 5.41) is 4.95. The molecule has 0 amide bonds. The van der Waals surface area contributed by atoms with E-state index in [0.29, 0.717) is 23.9 Å². The van der Waals surface area contributed by atoms with Gasteiger partial charge in [0.25, 0.3) is 0 Å². The first-order chi connectivity index (χ1) is 33.7. The molecule has 68 heavy (non-hydrogen) atoms. The second kappa shape index (κ2) is 17.6. The van der Waals surface area contributed by atoms with Crippen LogP contribution in [0.1, 0.15) is 17.0 Å². The highest BCUT2D eigenvalue weighted by Gasteiger charge is 2.23. The van der Waals surface area contributed by atoms with Crippen molar-refractivity contribution in [3.63, 3.8) is 0 Å². The number of thiophene rings is 1. The molecule has 2 N–H and O–H groups in total. The molecule has 0 aliphatic carbocycles. The smallest absolute Gasteiger partial charge is 0.164 e. The van der Waals surface area contributed by atoms with E-state index in [0.717, 1.165) is 55.8 Å². The monoisotopic (exact) mass is 889 g/mol. The first-order valence-electron chi connectivity index (χ1n) is 22.9. The van der Waals surface area contributed by atoms with Gasteiger partial charge in [-0.3, -0.25) is 0 Å². The minimum absolute atomic E-state index is 0.509. The number of rotatable bonds is 10. The Morgan fingerprint density at radius 3 is 1.59 bits per heavy atom. The van der Waals surface area contributed by atoms with Crippen LogP contribution >= 0.6 is 11.3 Å². The Balaban J connectivity index is 1.14. The lowest BCUT2D eigenvalue weighted by molar-refractivity contribution is 1.02. The van der Waals surface area contributed by atoms with E-state index in [-0.39, 0.29) is 0 Å². The minimum atomic E-state index is 0.509. The van der Waals surface area contributed by atoms with Gasteiger partial charge in [0, 0.05) is 66.0 Å². The fourth-order valence-corrected chi connectivity index (χ4v) is 10.9. The zero-order valence-corrected chi connectivity index (χ0v) is 37.8. The molecule has 0 bridgehead atoms. The molecular formula is C62H43N5S. The van der Waals surface area contributed by atoms with E-state index in [1.165, 1.54) is 47.5 Å². The molecule has 3 heterocycles. The van der Waals surface area contributed by atoms with Crippen molar-refractivity contribution in [3.05, 3.63) is 254 Å². The van der Waals surface area contributed by atoms with Crippen LogP contribution in [0, 0.1) is 0 Å². The molecule has 0 atom stereocenters. The molecule has 0 saturated heterocycles. The fourth-order valence-electron chi connectivity index (χ4n) is 9.76. The van der Waals surface area contributed by atoms with Crippen molar-refractivity contribution in [1.29, 1.82) is 0 Å². The number of benzene rings is 9. The molecule has 322 valence electrons. The number of hydrogen-bond acceptors (Lipinski definition) is 5. The average molecular weight is 890 g/mol. The number of para-hydroxylation sites is 2. The summed E-state index contributed by atoms with van der Waals surface area (Å²) >= 11 is 1.84. The lowest BCUT2D eigenvalue weighted by atomic mass is 9.86. The topological polar surface area (TPSA) is 69.6 Å². The molecule has 12 rings (SSSR count). The van der Waals surface area contributed by atoms with E-state index in [2.05, 4.69) is 199 Å². The van der Waals surface area contributed by atoms with Gasteiger partial charge < -0.3 is 10.3 Å². The van der Waals surface area contributed by atoms with Gasteiger partial charge in [-0.2, -0.15) is 0 Å². The van der Waals surface area contributed by atoms with Crippen molar-refractivity contribution in [3.8, 4) is 50.7 Å². The van der Waals surface area contributed by atoms with E-state index in [1.54, 1.807) is 6.20 Å². The first kappa shape index (κ1) is 40.8. The third kappa shape index (κ3) is 7.34. The van der Waals surface area contributed by atoms with Crippen molar-refractivity contribution in [2.45, 2.75) is 6.42 Å². The van der Waals surface area contributed by atoms with Crippen LogP contribution in [0.15, 0.2) is 237 Å². The van der Waals surface area contributed by atoms with Crippen LogP contribution in [0.2, 0.25) is 0 Å². The maximum absolute atomic E-state index is 6.91. The standard InChI is InChI=1S/C62H43N5S/c63-40-47(56-49(41-20-6-1-7-21-41)32-19-33-50(56)42-22-8-2-9-23-42)39-46(62-65-60(43-24-10-3-11-25-43)64-61(66-62)44-26-12-4-13-27-44)38-45-28-18-35-54-57(45)59-55(68-54)37-36-53-58(59)51-31-16-17-34-52(51)67(53)48-29-14-5-15-30-48/h1-37,39-40H,38,63H2/b46-39+,47-40+. The summed E-state index contributed by atoms with van der Waals surface area (Å²) in [4.78, 5) is 15.8. The molecule has 0 aliphatic rings. The molecular weight excluding hydrogens is 847 g/mol. The van der Waals surface area contributed by atoms with E-state index in [1.807, 2.05) is 47.7 Å². The van der Waals surface area contributed by atoms with Crippen molar-refractivity contribution < 1.29 is 0 Å². The second-order valence-corrected chi connectivity index (χ2v) is 18.0. The van der Waals surface area contributed by atoms with Crippen LogP contribution in [-0.4, -0.2) is 19.5 Å². The normalized spacial score (nSPS) is 12.1. The number of hydrogen-bond donors (Lipinski definition) is 1. The molecule has 12 aromatic rings. The summed E-state index contributed by atoms with van der Waals surface area (Å²) in [7, 11) is 0. The summed E-state index contributed by atoms with van der Waals surface area (Å²) in [6.45, 7) is 0. The zero-order chi connectivity index (χ0) is 45.4. The number of nitrogens with zero attached hydrogens (tertiary/aromatic N) is 4. The van der Waals surface area contributed by atoms with Crippen LogP contribution in [-0.2, 0) is 6.42 Å². The minimum Gasteiger partial charge on any atom is -0.404 e. The van der Waals surface area contributed by atoms with Gasteiger partial charge in [0.05, 0.1) is 11.0 Å². The Morgan fingerprint density at radius 2 is 0.985 bits per heavy atom. The summed E-state index contributed by atoms with van der Waals surface area (Å²) in [5.74, 6) is 1.78. The Bertz CT molecular complexity index is 3740. The van der Waals surface area contributed by atoms with E-state index in [9.17, 15) is 0 Å². The van der Waals surface area contributed by atoms with Gasteiger partial charge in [-0.15, -0.1) is 11.3 Å². The molecule has 0 radical (unpaired) electrons. The van der Waals surface area contributed by atoms with Crippen LogP contribution in [0.25, 0.3) is 104 Å². The van der Waals surface area contributed by atoms with E-state index >= 15 is 0 Å². The fraction of sp³-hybridized carbons (Fsp3) is 0.0161. The van der Waals surface area contributed by atoms with Crippen molar-refractivity contribution in [1.82, 2.24) is 19.5 Å². The van der Waals surface area contributed by atoms with Gasteiger partial charge in [0.1, 0.15) is 0 Å². The highest BCUT2D eigenvalue weighted by Crippen LogP contribution is 2.46. The van der Waals surface area contributed by atoms with Gasteiger partial charge >= 0.3 is 0 Å². The van der Waals surface area contributed by atoms with Crippen LogP contribution < -0.4 is 5.73 Å². The lowest BCUT2D eigenvalue weighted by Crippen LogP contribution is -2.05. The van der Waals surface area contributed by atoms with E-state index < -0.39 is 0 Å². The molecule has 3 aromatic heterocycles. The van der Waals surface area contributed by atoms with Crippen LogP contribution in [0.5, 0.6) is 0 Å². The second-order valence-electron chi connectivity index (χ2n) is 16.9. The third-order valence-corrected chi connectivity index (χ3v) is 13.9. The molecule has 9 aromatic carbocycles. The Hall–Kier alpha value is -8.71. The molecule has 0 unspecified atom stereocenters. The highest BCUT2D eigenvalue weighted by molar-refractivity contribution is 7.26. The van der Waals surface area contributed by atoms with E-state index in [4.69, 9.17) is 20.7 Å². The summed E-state index contributed by atoms with van der Waals surface area (Å²) in [6, 6.07) is 78.7. The van der Waals surface area contributed by atoms with Gasteiger partial charge in [-0.25, -0.2) is 15.0 Å².